The Hall–Kier alpha value is -0.600. The number of nitrogens with zero attached hydrogens (tertiary/aromatic N) is 3. The number of amides is 1. The van der Waals surface area contributed by atoms with Gasteiger partial charge in [0.2, 0.25) is 0 Å². The molecular formula is C13H20Cl2N4OS2. The Labute approximate surface area is 150 Å². The maximum Gasteiger partial charge on any atom is 0.264 e. The average molecular weight is 383 g/mol. The smallest absolute Gasteiger partial charge is 0.264 e. The fourth-order valence-corrected chi connectivity index (χ4v) is 4.33. The Morgan fingerprint density at radius 3 is 2.73 bits per heavy atom. The Morgan fingerprint density at radius 1 is 1.27 bits per heavy atom. The largest absolute Gasteiger partial charge is 0.354 e. The zero-order valence-corrected chi connectivity index (χ0v) is 15.8. The summed E-state index contributed by atoms with van der Waals surface area (Å²) < 4.78 is 1.11. The van der Waals surface area contributed by atoms with E-state index in [0.717, 1.165) is 52.1 Å². The van der Waals surface area contributed by atoms with Crippen molar-refractivity contribution in [1.29, 1.82) is 0 Å². The average Bonchev–Trinajstić information content (AvgIpc) is 2.86. The van der Waals surface area contributed by atoms with Crippen molar-refractivity contribution >= 4 is 68.1 Å². The van der Waals surface area contributed by atoms with E-state index in [1.807, 2.05) is 30.0 Å². The molecule has 2 aromatic rings. The van der Waals surface area contributed by atoms with Crippen LogP contribution in [0, 0.1) is 0 Å². The van der Waals surface area contributed by atoms with Crippen molar-refractivity contribution in [2.24, 2.45) is 0 Å². The minimum atomic E-state index is 0. The minimum Gasteiger partial charge on any atom is -0.354 e. The van der Waals surface area contributed by atoms with Crippen LogP contribution in [0.15, 0.2) is 6.07 Å². The highest BCUT2D eigenvalue weighted by molar-refractivity contribution is 7.29. The first-order valence-corrected chi connectivity index (χ1v) is 8.36. The normalized spacial score (nSPS) is 14.9. The molecular weight excluding hydrogens is 363 g/mol. The molecule has 1 aliphatic rings. The summed E-state index contributed by atoms with van der Waals surface area (Å²) in [7, 11) is 3.97. The van der Waals surface area contributed by atoms with Crippen molar-refractivity contribution < 1.29 is 4.79 Å². The highest BCUT2D eigenvalue weighted by atomic mass is 35.5. The molecule has 1 aliphatic heterocycles. The van der Waals surface area contributed by atoms with Crippen molar-refractivity contribution in [3.8, 4) is 0 Å². The molecule has 0 aromatic carbocycles. The molecule has 1 amide bonds. The van der Waals surface area contributed by atoms with E-state index < -0.39 is 0 Å². The number of carbonyl (C=O) groups excluding carboxylic acids is 1. The first-order valence-electron chi connectivity index (χ1n) is 6.73. The van der Waals surface area contributed by atoms with Crippen LogP contribution in [-0.4, -0.2) is 56.1 Å². The van der Waals surface area contributed by atoms with Gasteiger partial charge in [0.15, 0.2) is 5.13 Å². The zero-order valence-electron chi connectivity index (χ0n) is 12.5. The SMILES string of the molecule is CN(C)c1nc2sc(C(=O)N3CCCNCC3)cc2s1.Cl.Cl. The molecule has 1 N–H and O–H groups in total. The lowest BCUT2D eigenvalue weighted by Crippen LogP contribution is -2.33. The molecule has 0 radical (unpaired) electrons. The molecule has 3 heterocycles. The Bertz CT molecular complexity index is 589. The van der Waals surface area contributed by atoms with Crippen LogP contribution >= 0.6 is 47.5 Å². The van der Waals surface area contributed by atoms with Crippen molar-refractivity contribution in [2.45, 2.75) is 6.42 Å². The number of anilines is 1. The van der Waals surface area contributed by atoms with Gasteiger partial charge in [0.25, 0.3) is 5.91 Å². The van der Waals surface area contributed by atoms with Crippen LogP contribution < -0.4 is 10.2 Å². The number of hydrogen-bond donors (Lipinski definition) is 1. The lowest BCUT2D eigenvalue weighted by atomic mass is 10.3. The molecule has 2 aromatic heterocycles. The summed E-state index contributed by atoms with van der Waals surface area (Å²) >= 11 is 3.14. The van der Waals surface area contributed by atoms with Crippen LogP contribution in [0.25, 0.3) is 9.53 Å². The summed E-state index contributed by atoms with van der Waals surface area (Å²) in [6.45, 7) is 3.51. The third-order valence-electron chi connectivity index (χ3n) is 3.30. The highest BCUT2D eigenvalue weighted by Gasteiger charge is 2.20. The Morgan fingerprint density at radius 2 is 2.05 bits per heavy atom. The maximum absolute atomic E-state index is 12.5. The molecule has 0 spiro atoms. The Kier molecular flexibility index (Phi) is 7.34. The van der Waals surface area contributed by atoms with Gasteiger partial charge in [0.05, 0.1) is 9.58 Å². The van der Waals surface area contributed by atoms with Gasteiger partial charge in [-0.05, 0) is 19.0 Å². The molecule has 0 aliphatic carbocycles. The first kappa shape index (κ1) is 19.4. The van der Waals surface area contributed by atoms with Gasteiger partial charge in [-0.25, -0.2) is 4.98 Å². The summed E-state index contributed by atoms with van der Waals surface area (Å²) in [4.78, 5) is 22.8. The van der Waals surface area contributed by atoms with Gasteiger partial charge in [-0.1, -0.05) is 11.3 Å². The molecule has 1 fully saturated rings. The van der Waals surface area contributed by atoms with E-state index in [-0.39, 0.29) is 30.7 Å². The number of rotatable bonds is 2. The van der Waals surface area contributed by atoms with Gasteiger partial charge >= 0.3 is 0 Å². The number of nitrogens with one attached hydrogen (secondary N) is 1. The molecule has 22 heavy (non-hydrogen) atoms. The van der Waals surface area contributed by atoms with E-state index in [1.165, 1.54) is 11.3 Å². The predicted octanol–water partition coefficient (Wildman–Crippen LogP) is 2.70. The molecule has 0 saturated carbocycles. The van der Waals surface area contributed by atoms with Crippen LogP contribution in [0.5, 0.6) is 0 Å². The molecule has 1 saturated heterocycles. The van der Waals surface area contributed by atoms with Gasteiger partial charge in [0, 0.05) is 33.7 Å². The number of thiophene rings is 1. The number of hydrogen-bond acceptors (Lipinski definition) is 6. The second-order valence-corrected chi connectivity index (χ2v) is 7.11. The second kappa shape index (κ2) is 8.31. The summed E-state index contributed by atoms with van der Waals surface area (Å²) in [6, 6.07) is 1.99. The predicted molar refractivity (Wildman–Crippen MR) is 99.7 cm³/mol. The first-order chi connectivity index (χ1) is 9.65. The lowest BCUT2D eigenvalue weighted by molar-refractivity contribution is 0.0771. The maximum atomic E-state index is 12.5. The van der Waals surface area contributed by atoms with E-state index in [1.54, 1.807) is 11.3 Å². The molecule has 0 unspecified atom stereocenters. The van der Waals surface area contributed by atoms with Crippen molar-refractivity contribution in [3.05, 3.63) is 10.9 Å². The standard InChI is InChI=1S/C13H18N4OS2.2ClH/c1-16(2)13-15-11-9(20-13)8-10(19-11)12(18)17-6-3-4-14-5-7-17;;/h8,14H,3-7H2,1-2H3;2*1H. The van der Waals surface area contributed by atoms with Crippen LogP contribution in [0.1, 0.15) is 16.1 Å². The number of aromatic nitrogens is 1. The highest BCUT2D eigenvalue weighted by Crippen LogP contribution is 2.34. The molecule has 0 bridgehead atoms. The number of thiazole rings is 1. The summed E-state index contributed by atoms with van der Waals surface area (Å²) in [5.74, 6) is 0.148. The van der Waals surface area contributed by atoms with E-state index >= 15 is 0 Å². The van der Waals surface area contributed by atoms with Crippen molar-refractivity contribution in [2.75, 3.05) is 45.2 Å². The molecule has 124 valence electrons. The molecule has 5 nitrogen and oxygen atoms in total. The summed E-state index contributed by atoms with van der Waals surface area (Å²) in [5.41, 5.74) is 0. The van der Waals surface area contributed by atoms with Gasteiger partial charge in [-0.15, -0.1) is 36.2 Å². The van der Waals surface area contributed by atoms with Gasteiger partial charge in [-0.3, -0.25) is 4.79 Å². The molecule has 3 rings (SSSR count). The lowest BCUT2D eigenvalue weighted by Gasteiger charge is -2.18. The third-order valence-corrected chi connectivity index (χ3v) is 5.61. The van der Waals surface area contributed by atoms with Crippen molar-refractivity contribution in [3.63, 3.8) is 0 Å². The monoisotopic (exact) mass is 382 g/mol. The fraction of sp³-hybridized carbons (Fsp3) is 0.538. The number of halogens is 2. The third kappa shape index (κ3) is 4.02. The van der Waals surface area contributed by atoms with Crippen LogP contribution in [0.3, 0.4) is 0 Å². The van der Waals surface area contributed by atoms with Gasteiger partial charge in [-0.2, -0.15) is 0 Å². The van der Waals surface area contributed by atoms with E-state index in [0.29, 0.717) is 0 Å². The molecule has 9 heteroatoms. The van der Waals surface area contributed by atoms with Crippen LogP contribution in [0.2, 0.25) is 0 Å². The topological polar surface area (TPSA) is 48.5 Å². The van der Waals surface area contributed by atoms with Crippen LogP contribution in [0.4, 0.5) is 5.13 Å². The number of fused-ring (bicyclic) bond motifs is 1. The second-order valence-electron chi connectivity index (χ2n) is 5.07. The zero-order chi connectivity index (χ0) is 14.1. The fourth-order valence-electron chi connectivity index (χ4n) is 2.23. The molecule has 0 atom stereocenters. The van der Waals surface area contributed by atoms with Crippen molar-refractivity contribution in [1.82, 2.24) is 15.2 Å². The number of carbonyl (C=O) groups is 1. The van der Waals surface area contributed by atoms with Crippen LogP contribution in [-0.2, 0) is 0 Å². The van der Waals surface area contributed by atoms with E-state index in [9.17, 15) is 4.79 Å². The summed E-state index contributed by atoms with van der Waals surface area (Å²) in [5, 5.41) is 4.31. The Balaban J connectivity index is 0.00000121. The van der Waals surface area contributed by atoms with Gasteiger partial charge in [0.1, 0.15) is 4.83 Å². The summed E-state index contributed by atoms with van der Waals surface area (Å²) in [6.07, 6.45) is 1.02. The van der Waals surface area contributed by atoms with Gasteiger partial charge < -0.3 is 15.1 Å². The van der Waals surface area contributed by atoms with E-state index in [4.69, 9.17) is 0 Å². The quantitative estimate of drug-likeness (QED) is 0.867. The van der Waals surface area contributed by atoms with E-state index in [2.05, 4.69) is 10.3 Å². The minimum absolute atomic E-state index is 0.